The molecule has 1 saturated heterocycles. The molecule has 1 amide bonds. The zero-order chi connectivity index (χ0) is 20.9. The van der Waals surface area contributed by atoms with Crippen LogP contribution >= 0.6 is 11.3 Å². The molecule has 3 heterocycles. The second-order valence-electron chi connectivity index (χ2n) is 8.20. The van der Waals surface area contributed by atoms with Crippen LogP contribution in [0.15, 0.2) is 51.7 Å². The Morgan fingerprint density at radius 2 is 2.13 bits per heavy atom. The third-order valence-electron chi connectivity index (χ3n) is 5.94. The number of nitrogens with zero attached hydrogens (tertiary/aromatic N) is 2. The number of nitrogens with one attached hydrogen (secondary N) is 1. The van der Waals surface area contributed by atoms with Gasteiger partial charge in [0.2, 0.25) is 5.91 Å². The van der Waals surface area contributed by atoms with Crippen molar-refractivity contribution in [3.05, 3.63) is 58.8 Å². The summed E-state index contributed by atoms with van der Waals surface area (Å²) in [7, 11) is 0. The Bertz CT molecular complexity index is 959. The van der Waals surface area contributed by atoms with Crippen LogP contribution in [0.1, 0.15) is 43.6 Å². The summed E-state index contributed by atoms with van der Waals surface area (Å²) < 4.78 is 5.75. The number of anilines is 1. The predicted octanol–water partition coefficient (Wildman–Crippen LogP) is 5.56. The number of likely N-dealkylation sites (tertiary alicyclic amines) is 1. The van der Waals surface area contributed by atoms with Gasteiger partial charge < -0.3 is 14.6 Å². The quantitative estimate of drug-likeness (QED) is 0.541. The first kappa shape index (κ1) is 20.8. The van der Waals surface area contributed by atoms with Crippen molar-refractivity contribution in [3.8, 4) is 11.3 Å². The molecule has 0 spiro atoms. The maximum absolute atomic E-state index is 12.8. The van der Waals surface area contributed by atoms with Crippen molar-refractivity contribution in [2.45, 2.75) is 39.0 Å². The molecule has 5 nitrogen and oxygen atoms in total. The molecule has 158 valence electrons. The van der Waals surface area contributed by atoms with Crippen molar-refractivity contribution in [2.24, 2.45) is 5.92 Å². The lowest BCUT2D eigenvalue weighted by Crippen LogP contribution is -2.38. The molecule has 4 rings (SSSR count). The topological polar surface area (TPSA) is 58.4 Å². The summed E-state index contributed by atoms with van der Waals surface area (Å²) in [6.07, 6.45) is 2.89. The van der Waals surface area contributed by atoms with E-state index < -0.39 is 0 Å². The maximum atomic E-state index is 12.8. The molecule has 0 saturated carbocycles. The Balaban J connectivity index is 1.24. The zero-order valence-electron chi connectivity index (χ0n) is 17.6. The molecule has 30 heavy (non-hydrogen) atoms. The number of aryl methyl sites for hydroxylation is 1. The maximum Gasteiger partial charge on any atom is 0.227 e. The van der Waals surface area contributed by atoms with Crippen LogP contribution in [0.4, 0.5) is 5.69 Å². The van der Waals surface area contributed by atoms with E-state index in [2.05, 4.69) is 28.2 Å². The number of furan rings is 1. The number of rotatable bonds is 7. The van der Waals surface area contributed by atoms with E-state index >= 15 is 0 Å². The Morgan fingerprint density at radius 1 is 1.30 bits per heavy atom. The van der Waals surface area contributed by atoms with E-state index in [0.29, 0.717) is 5.92 Å². The summed E-state index contributed by atoms with van der Waals surface area (Å²) in [4.78, 5) is 19.6. The van der Waals surface area contributed by atoms with E-state index in [1.807, 2.05) is 48.1 Å². The Labute approximate surface area is 182 Å². The van der Waals surface area contributed by atoms with Crippen LogP contribution in [-0.2, 0) is 4.79 Å². The highest BCUT2D eigenvalue weighted by molar-refractivity contribution is 7.07. The van der Waals surface area contributed by atoms with E-state index in [1.54, 1.807) is 11.3 Å². The van der Waals surface area contributed by atoms with E-state index in [4.69, 9.17) is 4.42 Å². The van der Waals surface area contributed by atoms with Crippen LogP contribution in [0.5, 0.6) is 0 Å². The molecule has 1 atom stereocenters. The van der Waals surface area contributed by atoms with Crippen LogP contribution < -0.4 is 5.32 Å². The largest absolute Gasteiger partial charge is 0.466 e. The minimum atomic E-state index is 0.0781. The van der Waals surface area contributed by atoms with Crippen LogP contribution in [0, 0.1) is 12.8 Å². The third kappa shape index (κ3) is 5.18. The van der Waals surface area contributed by atoms with Crippen molar-refractivity contribution in [1.29, 1.82) is 0 Å². The summed E-state index contributed by atoms with van der Waals surface area (Å²) in [5.41, 5.74) is 4.65. The highest BCUT2D eigenvalue weighted by atomic mass is 32.1. The number of carbonyl (C=O) groups is 1. The fraction of sp³-hybridized carbons (Fsp3) is 0.417. The molecule has 0 unspecified atom stereocenters. The number of hydrogen-bond donors (Lipinski definition) is 1. The normalized spacial score (nSPS) is 16.5. The van der Waals surface area contributed by atoms with Crippen molar-refractivity contribution in [2.75, 3.05) is 25.0 Å². The first-order valence-electron chi connectivity index (χ1n) is 10.7. The van der Waals surface area contributed by atoms with Crippen LogP contribution in [-0.4, -0.2) is 35.4 Å². The van der Waals surface area contributed by atoms with Gasteiger partial charge in [0.25, 0.3) is 0 Å². The van der Waals surface area contributed by atoms with Crippen molar-refractivity contribution < 1.29 is 9.21 Å². The Morgan fingerprint density at radius 3 is 2.83 bits per heavy atom. The molecule has 1 aliphatic heterocycles. The van der Waals surface area contributed by atoms with Crippen molar-refractivity contribution >= 4 is 22.9 Å². The molecule has 0 bridgehead atoms. The van der Waals surface area contributed by atoms with E-state index in [9.17, 15) is 4.79 Å². The smallest absolute Gasteiger partial charge is 0.227 e. The van der Waals surface area contributed by atoms with Gasteiger partial charge in [0.1, 0.15) is 11.5 Å². The second-order valence-corrected chi connectivity index (χ2v) is 8.92. The van der Waals surface area contributed by atoms with Crippen LogP contribution in [0.25, 0.3) is 11.3 Å². The molecule has 6 heteroatoms. The minimum absolute atomic E-state index is 0.0781. The molecule has 3 aromatic rings. The van der Waals surface area contributed by atoms with E-state index in [-0.39, 0.29) is 11.8 Å². The molecule has 1 aliphatic rings. The lowest BCUT2D eigenvalue weighted by Gasteiger charge is -2.31. The van der Waals surface area contributed by atoms with Gasteiger partial charge in [-0.05, 0) is 70.1 Å². The Kier molecular flexibility index (Phi) is 6.65. The third-order valence-corrected chi connectivity index (χ3v) is 6.53. The first-order valence-corrected chi connectivity index (χ1v) is 11.6. The average Bonchev–Trinajstić information content (AvgIpc) is 3.45. The summed E-state index contributed by atoms with van der Waals surface area (Å²) >= 11 is 1.57. The van der Waals surface area contributed by atoms with Gasteiger partial charge in [0.05, 0.1) is 11.2 Å². The standard InChI is InChI=1S/C24H29N3O2S/c1-17(23-7-6-18(2)29-23)8-11-27-12-9-19(10-13-27)24(28)26-21-5-3-4-20(14-21)22-15-30-16-25-22/h3-7,14-17,19H,8-13H2,1-2H3,(H,26,28)/t17-/m1/s1. The number of piperidine rings is 1. The highest BCUT2D eigenvalue weighted by Gasteiger charge is 2.25. The molecule has 1 N–H and O–H groups in total. The van der Waals surface area contributed by atoms with Gasteiger partial charge >= 0.3 is 0 Å². The van der Waals surface area contributed by atoms with Gasteiger partial charge in [0.15, 0.2) is 0 Å². The van der Waals surface area contributed by atoms with E-state index in [1.165, 1.54) is 0 Å². The van der Waals surface area contributed by atoms with Gasteiger partial charge in [-0.2, -0.15) is 0 Å². The summed E-state index contributed by atoms with van der Waals surface area (Å²) in [5, 5.41) is 5.13. The van der Waals surface area contributed by atoms with Gasteiger partial charge in [0, 0.05) is 28.5 Å². The molecule has 0 radical (unpaired) electrons. The number of aromatic nitrogens is 1. The predicted molar refractivity (Wildman–Crippen MR) is 122 cm³/mol. The lowest BCUT2D eigenvalue weighted by atomic mass is 9.95. The van der Waals surface area contributed by atoms with Gasteiger partial charge in [-0.1, -0.05) is 19.1 Å². The number of thiazole rings is 1. The van der Waals surface area contributed by atoms with Gasteiger partial charge in [-0.25, -0.2) is 4.98 Å². The summed E-state index contributed by atoms with van der Waals surface area (Å²) in [5.74, 6) is 2.67. The van der Waals surface area contributed by atoms with Gasteiger partial charge in [-0.15, -0.1) is 11.3 Å². The highest BCUT2D eigenvalue weighted by Crippen LogP contribution is 2.26. The molecular weight excluding hydrogens is 394 g/mol. The average molecular weight is 424 g/mol. The van der Waals surface area contributed by atoms with Crippen LogP contribution in [0.3, 0.4) is 0 Å². The van der Waals surface area contributed by atoms with Crippen LogP contribution in [0.2, 0.25) is 0 Å². The SMILES string of the molecule is Cc1ccc([C@H](C)CCN2CCC(C(=O)Nc3cccc(-c4cscn4)c3)CC2)o1. The Hall–Kier alpha value is -2.44. The first-order chi connectivity index (χ1) is 14.6. The number of amides is 1. The summed E-state index contributed by atoms with van der Waals surface area (Å²) in [6.45, 7) is 7.20. The minimum Gasteiger partial charge on any atom is -0.466 e. The number of benzene rings is 1. The van der Waals surface area contributed by atoms with Gasteiger partial charge in [-0.3, -0.25) is 4.79 Å². The zero-order valence-corrected chi connectivity index (χ0v) is 18.5. The fourth-order valence-corrected chi connectivity index (χ4v) is 4.57. The fourth-order valence-electron chi connectivity index (χ4n) is 4.01. The van der Waals surface area contributed by atoms with Crippen molar-refractivity contribution in [3.63, 3.8) is 0 Å². The lowest BCUT2D eigenvalue weighted by molar-refractivity contribution is -0.121. The number of hydrogen-bond acceptors (Lipinski definition) is 5. The number of carbonyl (C=O) groups excluding carboxylic acids is 1. The molecule has 0 aliphatic carbocycles. The van der Waals surface area contributed by atoms with E-state index in [0.717, 1.165) is 67.4 Å². The second kappa shape index (κ2) is 9.58. The summed E-state index contributed by atoms with van der Waals surface area (Å²) in [6, 6.07) is 12.0. The molecule has 2 aromatic heterocycles. The molecular formula is C24H29N3O2S. The monoisotopic (exact) mass is 423 g/mol. The van der Waals surface area contributed by atoms with Crippen molar-refractivity contribution in [1.82, 2.24) is 9.88 Å². The molecule has 1 fully saturated rings. The molecule has 1 aromatic carbocycles.